The van der Waals surface area contributed by atoms with E-state index in [-0.39, 0.29) is 0 Å². The predicted molar refractivity (Wildman–Crippen MR) is 67.8 cm³/mol. The maximum atomic E-state index is 5.44. The first-order valence-corrected chi connectivity index (χ1v) is 6.69. The number of nitrogens with zero attached hydrogens (tertiary/aromatic N) is 2. The van der Waals surface area contributed by atoms with Gasteiger partial charge in [-0.25, -0.2) is 0 Å². The van der Waals surface area contributed by atoms with Crippen LogP contribution < -0.4 is 0 Å². The Balaban J connectivity index is 1.61. The van der Waals surface area contributed by atoms with Crippen LogP contribution in [0, 0.1) is 5.41 Å². The zero-order valence-electron chi connectivity index (χ0n) is 10.7. The highest BCUT2D eigenvalue weighted by Crippen LogP contribution is 2.38. The van der Waals surface area contributed by atoms with Crippen LogP contribution in [-0.4, -0.2) is 43.0 Å². The van der Waals surface area contributed by atoms with Gasteiger partial charge in [-0.1, -0.05) is 0 Å². The number of piperidine rings is 1. The number of furan rings is 1. The third-order valence-electron chi connectivity index (χ3n) is 4.33. The molecule has 2 saturated heterocycles. The van der Waals surface area contributed by atoms with Gasteiger partial charge in [0.25, 0.3) is 0 Å². The van der Waals surface area contributed by atoms with E-state index in [1.807, 2.05) is 6.07 Å². The second kappa shape index (κ2) is 4.46. The third-order valence-corrected chi connectivity index (χ3v) is 4.33. The van der Waals surface area contributed by atoms with Crippen LogP contribution in [0.15, 0.2) is 22.8 Å². The molecule has 2 aliphatic rings. The fourth-order valence-corrected chi connectivity index (χ4v) is 3.57. The highest BCUT2D eigenvalue weighted by Gasteiger charge is 2.40. The van der Waals surface area contributed by atoms with Gasteiger partial charge in [-0.3, -0.25) is 4.90 Å². The van der Waals surface area contributed by atoms with Gasteiger partial charge in [0, 0.05) is 13.1 Å². The lowest BCUT2D eigenvalue weighted by Gasteiger charge is -2.38. The standard InChI is InChI=1S/C14H22N2O/c1-15-7-3-5-14(11-15)6-8-16(12-14)10-13-4-2-9-17-13/h2,4,9H,3,5-8,10-12H2,1H3. The molecular weight excluding hydrogens is 212 g/mol. The zero-order valence-corrected chi connectivity index (χ0v) is 10.7. The van der Waals surface area contributed by atoms with Gasteiger partial charge in [0.15, 0.2) is 0 Å². The molecule has 3 rings (SSSR count). The van der Waals surface area contributed by atoms with Crippen molar-refractivity contribution in [3.8, 4) is 0 Å². The molecule has 1 atom stereocenters. The van der Waals surface area contributed by atoms with Crippen LogP contribution >= 0.6 is 0 Å². The van der Waals surface area contributed by atoms with Crippen molar-refractivity contribution in [2.75, 3.05) is 33.2 Å². The molecule has 0 N–H and O–H groups in total. The van der Waals surface area contributed by atoms with Gasteiger partial charge in [0.05, 0.1) is 12.8 Å². The topological polar surface area (TPSA) is 19.6 Å². The highest BCUT2D eigenvalue weighted by atomic mass is 16.3. The van der Waals surface area contributed by atoms with Crippen LogP contribution in [0.5, 0.6) is 0 Å². The minimum absolute atomic E-state index is 0.569. The quantitative estimate of drug-likeness (QED) is 0.782. The number of rotatable bonds is 2. The van der Waals surface area contributed by atoms with Crippen molar-refractivity contribution in [3.05, 3.63) is 24.2 Å². The van der Waals surface area contributed by atoms with Crippen LogP contribution in [-0.2, 0) is 6.54 Å². The fraction of sp³-hybridized carbons (Fsp3) is 0.714. The molecule has 17 heavy (non-hydrogen) atoms. The van der Waals surface area contributed by atoms with Crippen molar-refractivity contribution < 1.29 is 4.42 Å². The summed E-state index contributed by atoms with van der Waals surface area (Å²) >= 11 is 0. The van der Waals surface area contributed by atoms with Crippen molar-refractivity contribution >= 4 is 0 Å². The van der Waals surface area contributed by atoms with Crippen LogP contribution in [0.1, 0.15) is 25.0 Å². The maximum Gasteiger partial charge on any atom is 0.117 e. The number of hydrogen-bond acceptors (Lipinski definition) is 3. The Labute approximate surface area is 103 Å². The van der Waals surface area contributed by atoms with Crippen molar-refractivity contribution in [2.24, 2.45) is 5.41 Å². The number of likely N-dealkylation sites (tertiary alicyclic amines) is 2. The molecule has 2 aliphatic heterocycles. The van der Waals surface area contributed by atoms with Crippen molar-refractivity contribution in [2.45, 2.75) is 25.8 Å². The largest absolute Gasteiger partial charge is 0.468 e. The van der Waals surface area contributed by atoms with Gasteiger partial charge in [-0.05, 0) is 56.9 Å². The summed E-state index contributed by atoms with van der Waals surface area (Å²) in [6, 6.07) is 4.06. The lowest BCUT2D eigenvalue weighted by atomic mass is 9.79. The van der Waals surface area contributed by atoms with E-state index in [9.17, 15) is 0 Å². The van der Waals surface area contributed by atoms with Gasteiger partial charge in [-0.15, -0.1) is 0 Å². The van der Waals surface area contributed by atoms with Crippen LogP contribution in [0.2, 0.25) is 0 Å². The van der Waals surface area contributed by atoms with Crippen molar-refractivity contribution in [1.29, 1.82) is 0 Å². The molecule has 0 radical (unpaired) electrons. The molecule has 0 amide bonds. The summed E-state index contributed by atoms with van der Waals surface area (Å²) in [5, 5.41) is 0. The minimum Gasteiger partial charge on any atom is -0.468 e. The van der Waals surface area contributed by atoms with E-state index in [0.29, 0.717) is 5.41 Å². The number of hydrogen-bond donors (Lipinski definition) is 0. The first-order valence-electron chi connectivity index (χ1n) is 6.69. The first kappa shape index (κ1) is 11.3. The normalized spacial score (nSPS) is 31.4. The average Bonchev–Trinajstić information content (AvgIpc) is 2.90. The maximum absolute atomic E-state index is 5.44. The zero-order chi connectivity index (χ0) is 11.7. The van der Waals surface area contributed by atoms with Gasteiger partial charge < -0.3 is 9.32 Å². The summed E-state index contributed by atoms with van der Waals surface area (Å²) in [5.74, 6) is 1.10. The average molecular weight is 234 g/mol. The van der Waals surface area contributed by atoms with E-state index in [2.05, 4.69) is 22.9 Å². The van der Waals surface area contributed by atoms with Crippen LogP contribution in [0.3, 0.4) is 0 Å². The molecule has 1 aromatic rings. The molecular formula is C14H22N2O. The molecule has 0 aliphatic carbocycles. The van der Waals surface area contributed by atoms with Crippen LogP contribution in [0.4, 0.5) is 0 Å². The molecule has 1 spiro atoms. The summed E-state index contributed by atoms with van der Waals surface area (Å²) in [7, 11) is 2.26. The third kappa shape index (κ3) is 2.40. The Bertz CT molecular complexity index is 362. The van der Waals surface area contributed by atoms with Crippen LogP contribution in [0.25, 0.3) is 0 Å². The Morgan fingerprint density at radius 1 is 1.29 bits per heavy atom. The molecule has 0 bridgehead atoms. The molecule has 1 aromatic heterocycles. The Morgan fingerprint density at radius 3 is 3.00 bits per heavy atom. The molecule has 0 saturated carbocycles. The smallest absolute Gasteiger partial charge is 0.117 e. The van der Waals surface area contributed by atoms with Crippen molar-refractivity contribution in [1.82, 2.24) is 9.80 Å². The Hall–Kier alpha value is -0.800. The van der Waals surface area contributed by atoms with Gasteiger partial charge in [0.1, 0.15) is 5.76 Å². The first-order chi connectivity index (χ1) is 8.26. The molecule has 94 valence electrons. The van der Waals surface area contributed by atoms with E-state index < -0.39 is 0 Å². The van der Waals surface area contributed by atoms with E-state index in [4.69, 9.17) is 4.42 Å². The van der Waals surface area contributed by atoms with E-state index in [1.54, 1.807) is 6.26 Å². The molecule has 3 nitrogen and oxygen atoms in total. The van der Waals surface area contributed by atoms with Gasteiger partial charge >= 0.3 is 0 Å². The summed E-state index contributed by atoms with van der Waals surface area (Å²) in [5.41, 5.74) is 0.569. The summed E-state index contributed by atoms with van der Waals surface area (Å²) in [6.45, 7) is 6.02. The molecule has 3 heterocycles. The summed E-state index contributed by atoms with van der Waals surface area (Å²) < 4.78 is 5.44. The lowest BCUT2D eigenvalue weighted by molar-refractivity contribution is 0.111. The minimum atomic E-state index is 0.569. The van der Waals surface area contributed by atoms with Gasteiger partial charge in [-0.2, -0.15) is 0 Å². The Morgan fingerprint density at radius 2 is 2.24 bits per heavy atom. The Kier molecular flexibility index (Phi) is 2.97. The monoisotopic (exact) mass is 234 g/mol. The van der Waals surface area contributed by atoms with Crippen molar-refractivity contribution in [3.63, 3.8) is 0 Å². The van der Waals surface area contributed by atoms with Gasteiger partial charge in [0.2, 0.25) is 0 Å². The van der Waals surface area contributed by atoms with E-state index in [1.165, 1.54) is 45.4 Å². The van der Waals surface area contributed by atoms with E-state index >= 15 is 0 Å². The SMILES string of the molecule is CN1CCCC2(CCN(Cc3ccco3)C2)C1. The second-order valence-electron chi connectivity index (χ2n) is 5.88. The summed E-state index contributed by atoms with van der Waals surface area (Å²) in [4.78, 5) is 5.05. The summed E-state index contributed by atoms with van der Waals surface area (Å²) in [6.07, 6.45) is 5.91. The molecule has 3 heteroatoms. The molecule has 2 fully saturated rings. The highest BCUT2D eigenvalue weighted by molar-refractivity contribution is 5.01. The fourth-order valence-electron chi connectivity index (χ4n) is 3.57. The second-order valence-corrected chi connectivity index (χ2v) is 5.88. The lowest BCUT2D eigenvalue weighted by Crippen LogP contribution is -2.42. The predicted octanol–water partition coefficient (Wildman–Crippen LogP) is 2.20. The van der Waals surface area contributed by atoms with E-state index in [0.717, 1.165) is 12.3 Å². The molecule has 0 aromatic carbocycles. The molecule has 1 unspecified atom stereocenters.